The van der Waals surface area contributed by atoms with Crippen molar-refractivity contribution in [2.24, 2.45) is 0 Å². The molecule has 0 amide bonds. The van der Waals surface area contributed by atoms with E-state index >= 15 is 0 Å². The highest BCUT2D eigenvalue weighted by atomic mass is 35.5. The topological polar surface area (TPSA) is 48.5 Å². The molecule has 1 aliphatic carbocycles. The molecule has 0 radical (unpaired) electrons. The molecule has 34 heavy (non-hydrogen) atoms. The van der Waals surface area contributed by atoms with Crippen LogP contribution < -0.4 is 4.74 Å². The maximum absolute atomic E-state index is 12.6. The fourth-order valence-electron chi connectivity index (χ4n) is 6.30. The third-order valence-corrected chi connectivity index (χ3v) is 8.24. The Kier molecular flexibility index (Phi) is 5.21. The van der Waals surface area contributed by atoms with Gasteiger partial charge in [0, 0.05) is 53.0 Å². The third kappa shape index (κ3) is 3.44. The van der Waals surface area contributed by atoms with Crippen LogP contribution in [0.4, 0.5) is 0 Å². The Morgan fingerprint density at radius 3 is 2.71 bits per heavy atom. The molecule has 4 aromatic rings. The highest BCUT2D eigenvalue weighted by molar-refractivity contribution is 6.31. The number of aliphatic hydroxyl groups is 1. The molecule has 5 heteroatoms. The summed E-state index contributed by atoms with van der Waals surface area (Å²) in [5.41, 5.74) is 4.59. The standard InChI is InChI=1S/C29H29ClN2O2/c1-34-23-9-5-8-21(14-23)28-12-13-32(18-20-6-3-2-4-7-20)19-29(28,33)16-25-24-11-10-22(30)15-26(24)31-27(25)17-28/h2-11,14-15,31,33H,12-13,16-19H2,1H3. The normalized spacial score (nSPS) is 24.6. The van der Waals surface area contributed by atoms with Crippen LogP contribution in [0.1, 0.15) is 28.8 Å². The first-order chi connectivity index (χ1) is 16.5. The van der Waals surface area contributed by atoms with Crippen molar-refractivity contribution < 1.29 is 9.84 Å². The van der Waals surface area contributed by atoms with Gasteiger partial charge in [-0.15, -0.1) is 0 Å². The molecule has 2 aliphatic rings. The second kappa shape index (κ2) is 8.16. The quantitative estimate of drug-likeness (QED) is 0.412. The van der Waals surface area contributed by atoms with Crippen molar-refractivity contribution in [3.05, 3.63) is 100 Å². The number of aromatic nitrogens is 1. The lowest BCUT2D eigenvalue weighted by atomic mass is 9.56. The number of fused-ring (bicyclic) bond motifs is 4. The van der Waals surface area contributed by atoms with Crippen molar-refractivity contribution in [3.63, 3.8) is 0 Å². The van der Waals surface area contributed by atoms with Crippen LogP contribution in [0.3, 0.4) is 0 Å². The lowest BCUT2D eigenvalue weighted by Crippen LogP contribution is -2.66. The average molecular weight is 473 g/mol. The first kappa shape index (κ1) is 21.7. The number of hydrogen-bond acceptors (Lipinski definition) is 3. The van der Waals surface area contributed by atoms with Gasteiger partial charge in [0.25, 0.3) is 0 Å². The molecule has 2 unspecified atom stereocenters. The van der Waals surface area contributed by atoms with E-state index in [1.807, 2.05) is 30.3 Å². The Morgan fingerprint density at radius 1 is 1.03 bits per heavy atom. The Bertz CT molecular complexity index is 1350. The molecule has 0 spiro atoms. The van der Waals surface area contributed by atoms with E-state index in [1.54, 1.807) is 7.11 Å². The highest BCUT2D eigenvalue weighted by Crippen LogP contribution is 2.52. The van der Waals surface area contributed by atoms with Crippen LogP contribution >= 0.6 is 11.6 Å². The zero-order valence-corrected chi connectivity index (χ0v) is 20.1. The van der Waals surface area contributed by atoms with E-state index in [0.717, 1.165) is 53.2 Å². The number of β-amino-alcohol motifs (C(OH)–C–C–N with tert-alkyl or cyclic N) is 1. The van der Waals surface area contributed by atoms with Gasteiger partial charge in [0.15, 0.2) is 0 Å². The second-order valence-corrected chi connectivity index (χ2v) is 10.4. The summed E-state index contributed by atoms with van der Waals surface area (Å²) in [6, 6.07) is 24.8. The number of methoxy groups -OCH3 is 1. The summed E-state index contributed by atoms with van der Waals surface area (Å²) in [6.45, 7) is 2.39. The fourth-order valence-corrected chi connectivity index (χ4v) is 6.48. The van der Waals surface area contributed by atoms with E-state index in [9.17, 15) is 5.11 Å². The summed E-state index contributed by atoms with van der Waals surface area (Å²) in [7, 11) is 1.70. The number of H-pyrrole nitrogens is 1. The van der Waals surface area contributed by atoms with Crippen LogP contribution in [-0.4, -0.2) is 40.8 Å². The summed E-state index contributed by atoms with van der Waals surface area (Å²) in [5.74, 6) is 0.829. The van der Waals surface area contributed by atoms with Crippen LogP contribution in [0, 0.1) is 0 Å². The number of piperidine rings is 1. The molecular formula is C29H29ClN2O2. The molecule has 4 nitrogen and oxygen atoms in total. The summed E-state index contributed by atoms with van der Waals surface area (Å²) in [5, 5.41) is 14.4. The lowest BCUT2D eigenvalue weighted by molar-refractivity contribution is -0.105. The van der Waals surface area contributed by atoms with Gasteiger partial charge in [0.05, 0.1) is 12.7 Å². The van der Waals surface area contributed by atoms with Crippen molar-refractivity contribution in [3.8, 4) is 5.75 Å². The number of rotatable bonds is 4. The van der Waals surface area contributed by atoms with E-state index in [4.69, 9.17) is 16.3 Å². The molecule has 174 valence electrons. The number of aromatic amines is 1. The molecule has 2 atom stereocenters. The SMILES string of the molecule is COc1cccc(C23CCN(Cc4ccccc4)CC2(O)Cc2c([nH]c4cc(Cl)ccc24)C3)c1. The van der Waals surface area contributed by atoms with Crippen LogP contribution in [0.5, 0.6) is 5.75 Å². The minimum Gasteiger partial charge on any atom is -0.497 e. The van der Waals surface area contributed by atoms with Gasteiger partial charge in [0.2, 0.25) is 0 Å². The Morgan fingerprint density at radius 2 is 1.88 bits per heavy atom. The first-order valence-corrected chi connectivity index (χ1v) is 12.3. The molecular weight excluding hydrogens is 444 g/mol. The van der Waals surface area contributed by atoms with Crippen LogP contribution in [0.25, 0.3) is 10.9 Å². The molecule has 2 N–H and O–H groups in total. The van der Waals surface area contributed by atoms with Crippen LogP contribution in [0.15, 0.2) is 72.8 Å². The second-order valence-electron chi connectivity index (χ2n) is 9.92. The van der Waals surface area contributed by atoms with E-state index in [1.165, 1.54) is 16.8 Å². The molecule has 1 aromatic heterocycles. The van der Waals surface area contributed by atoms with Crippen molar-refractivity contribution in [1.82, 2.24) is 9.88 Å². The van der Waals surface area contributed by atoms with Gasteiger partial charge in [-0.1, -0.05) is 60.1 Å². The number of benzene rings is 3. The summed E-state index contributed by atoms with van der Waals surface area (Å²) in [4.78, 5) is 6.05. The Hall–Kier alpha value is -2.79. The summed E-state index contributed by atoms with van der Waals surface area (Å²) >= 11 is 6.29. The van der Waals surface area contributed by atoms with E-state index in [-0.39, 0.29) is 0 Å². The predicted octanol–water partition coefficient (Wildman–Crippen LogP) is 5.50. The zero-order valence-electron chi connectivity index (χ0n) is 19.4. The van der Waals surface area contributed by atoms with Gasteiger partial charge in [-0.2, -0.15) is 0 Å². The minimum absolute atomic E-state index is 0.396. The average Bonchev–Trinajstić information content (AvgIpc) is 3.18. The monoisotopic (exact) mass is 472 g/mol. The number of nitrogens with zero attached hydrogens (tertiary/aromatic N) is 1. The number of hydrogen-bond donors (Lipinski definition) is 2. The van der Waals surface area contributed by atoms with Crippen molar-refractivity contribution in [1.29, 1.82) is 0 Å². The van der Waals surface area contributed by atoms with Crippen molar-refractivity contribution in [2.75, 3.05) is 20.2 Å². The molecule has 2 heterocycles. The van der Waals surface area contributed by atoms with E-state index in [2.05, 4.69) is 52.3 Å². The summed E-state index contributed by atoms with van der Waals surface area (Å²) in [6.07, 6.45) is 2.24. The highest BCUT2D eigenvalue weighted by Gasteiger charge is 2.57. The molecule has 1 fully saturated rings. The Labute approximate surface area is 205 Å². The molecule has 0 bridgehead atoms. The largest absolute Gasteiger partial charge is 0.497 e. The number of nitrogens with one attached hydrogen (secondary N) is 1. The van der Waals surface area contributed by atoms with Crippen molar-refractivity contribution in [2.45, 2.75) is 36.8 Å². The first-order valence-electron chi connectivity index (χ1n) is 11.9. The lowest BCUT2D eigenvalue weighted by Gasteiger charge is -2.56. The van der Waals surface area contributed by atoms with Gasteiger partial charge in [-0.05, 0) is 53.9 Å². The van der Waals surface area contributed by atoms with Gasteiger partial charge in [-0.25, -0.2) is 0 Å². The fraction of sp³-hybridized carbons (Fsp3) is 0.310. The maximum atomic E-state index is 12.6. The molecule has 0 saturated carbocycles. The van der Waals surface area contributed by atoms with Gasteiger partial charge < -0.3 is 14.8 Å². The minimum atomic E-state index is -0.909. The maximum Gasteiger partial charge on any atom is 0.119 e. The zero-order chi connectivity index (χ0) is 23.3. The van der Waals surface area contributed by atoms with Crippen LogP contribution in [0.2, 0.25) is 5.02 Å². The molecule has 1 saturated heterocycles. The number of likely N-dealkylation sites (tertiary alicyclic amines) is 1. The number of halogens is 1. The van der Waals surface area contributed by atoms with Gasteiger partial charge in [0.1, 0.15) is 5.75 Å². The van der Waals surface area contributed by atoms with Gasteiger partial charge in [-0.3, -0.25) is 4.90 Å². The molecule has 6 rings (SSSR count). The van der Waals surface area contributed by atoms with Gasteiger partial charge >= 0.3 is 0 Å². The molecule has 3 aromatic carbocycles. The molecule has 1 aliphatic heterocycles. The summed E-state index contributed by atoms with van der Waals surface area (Å²) < 4.78 is 5.57. The third-order valence-electron chi connectivity index (χ3n) is 8.01. The predicted molar refractivity (Wildman–Crippen MR) is 137 cm³/mol. The smallest absolute Gasteiger partial charge is 0.119 e. The Balaban J connectivity index is 1.46. The van der Waals surface area contributed by atoms with Crippen LogP contribution in [-0.2, 0) is 24.8 Å². The van der Waals surface area contributed by atoms with Crippen molar-refractivity contribution >= 4 is 22.5 Å². The number of ether oxygens (including phenoxy) is 1. The van der Waals surface area contributed by atoms with E-state index in [0.29, 0.717) is 13.0 Å². The van der Waals surface area contributed by atoms with E-state index < -0.39 is 11.0 Å².